The first-order valence-corrected chi connectivity index (χ1v) is 20.6. The molecule has 0 saturated carbocycles. The number of nitrogens with zero attached hydrogens (tertiary/aromatic N) is 3. The molecule has 5 heteroatoms. The van der Waals surface area contributed by atoms with Gasteiger partial charge < -0.3 is 5.11 Å². The predicted molar refractivity (Wildman–Crippen MR) is 252 cm³/mol. The molecule has 2 heterocycles. The zero-order valence-corrected chi connectivity index (χ0v) is 39.2. The van der Waals surface area contributed by atoms with E-state index in [-0.39, 0.29) is 72.8 Å². The normalized spacial score (nSPS) is 13.3. The maximum Gasteiger partial charge on any atom is 0.148 e. The monoisotopic (exact) mass is 986 g/mol. The number of para-hydroxylation sites is 1. The Morgan fingerprint density at radius 1 is 0.607 bits per heavy atom. The Balaban J connectivity index is 0.00000648. The van der Waals surface area contributed by atoms with Gasteiger partial charge in [-0.1, -0.05) is 158 Å². The van der Waals surface area contributed by atoms with Crippen molar-refractivity contribution in [3.05, 3.63) is 167 Å². The van der Waals surface area contributed by atoms with Gasteiger partial charge >= 0.3 is 0 Å². The van der Waals surface area contributed by atoms with Crippen LogP contribution in [0.3, 0.4) is 0 Å². The Kier molecular flexibility index (Phi) is 9.98. The van der Waals surface area contributed by atoms with E-state index in [1.165, 1.54) is 11.1 Å². The SMILES string of the molecule is [2H]c1c([2H])c([2H])c(-c2ccnc(-c3[c-]c(-c4cccc5c4nc(-c4cc(C(C)(C)C)cc(C)c4O)n5-c4ccc(-c5ccccc5C(C)(C)C)cc4C)cc(C(C)(C)C)c3)c2)c([2H])c1[2H].[Pt]. The largest absolute Gasteiger partial charge is 0.507 e. The van der Waals surface area contributed by atoms with Crippen LogP contribution in [-0.2, 0) is 37.3 Å². The predicted octanol–water partition coefficient (Wildman–Crippen LogP) is 14.8. The van der Waals surface area contributed by atoms with Crippen LogP contribution >= 0.6 is 0 Å². The van der Waals surface area contributed by atoms with Crippen molar-refractivity contribution in [2.75, 3.05) is 0 Å². The van der Waals surface area contributed by atoms with Crippen molar-refractivity contribution in [3.63, 3.8) is 0 Å². The number of phenols is 1. The van der Waals surface area contributed by atoms with E-state index in [0.717, 1.165) is 55.7 Å². The average Bonchev–Trinajstić information content (AvgIpc) is 3.64. The minimum Gasteiger partial charge on any atom is -0.507 e. The second kappa shape index (κ2) is 16.4. The van der Waals surface area contributed by atoms with E-state index in [9.17, 15) is 5.11 Å². The average molecular weight is 987 g/mol. The van der Waals surface area contributed by atoms with E-state index in [1.807, 2.05) is 13.0 Å². The first kappa shape index (κ1) is 37.2. The minimum absolute atomic E-state index is 0. The second-order valence-electron chi connectivity index (χ2n) is 19.1. The van der Waals surface area contributed by atoms with Crippen molar-refractivity contribution in [2.24, 2.45) is 0 Å². The van der Waals surface area contributed by atoms with Gasteiger partial charge in [-0.05, 0) is 105 Å². The first-order valence-electron chi connectivity index (χ1n) is 23.1. The van der Waals surface area contributed by atoms with Crippen molar-refractivity contribution in [1.82, 2.24) is 14.5 Å². The molecule has 4 nitrogen and oxygen atoms in total. The molecule has 8 aromatic rings. The zero-order chi connectivity index (χ0) is 47.1. The molecule has 0 aliphatic heterocycles. The third-order valence-electron chi connectivity index (χ3n) is 11.4. The van der Waals surface area contributed by atoms with Crippen LogP contribution in [0.4, 0.5) is 0 Å². The number of aryl methyl sites for hydroxylation is 2. The third-order valence-corrected chi connectivity index (χ3v) is 11.4. The number of aromatic nitrogens is 3. The molecule has 0 spiro atoms. The van der Waals surface area contributed by atoms with Crippen molar-refractivity contribution in [2.45, 2.75) is 92.4 Å². The Labute approximate surface area is 384 Å². The molecular formula is C56H56N3OPt-. The molecule has 0 unspecified atom stereocenters. The number of phenolic OH excluding ortho intramolecular Hbond substituents is 1. The van der Waals surface area contributed by atoms with Crippen LogP contribution in [0.25, 0.3) is 72.7 Å². The van der Waals surface area contributed by atoms with Gasteiger partial charge in [0.25, 0.3) is 0 Å². The maximum absolute atomic E-state index is 11.9. The summed E-state index contributed by atoms with van der Waals surface area (Å²) in [5, 5.41) is 11.9. The Hall–Kier alpha value is -5.57. The van der Waals surface area contributed by atoms with Crippen molar-refractivity contribution in [3.8, 4) is 67.5 Å². The number of rotatable bonds is 6. The fourth-order valence-electron chi connectivity index (χ4n) is 8.00. The number of benzene rings is 6. The van der Waals surface area contributed by atoms with Crippen LogP contribution in [0.5, 0.6) is 5.75 Å². The topological polar surface area (TPSA) is 50.9 Å². The van der Waals surface area contributed by atoms with Crippen LogP contribution in [0.2, 0.25) is 0 Å². The Morgan fingerprint density at radius 3 is 1.97 bits per heavy atom. The van der Waals surface area contributed by atoms with Gasteiger partial charge in [0.05, 0.1) is 29.1 Å². The molecule has 312 valence electrons. The summed E-state index contributed by atoms with van der Waals surface area (Å²) < 4.78 is 44.3. The van der Waals surface area contributed by atoms with E-state index < -0.39 is 6.04 Å². The van der Waals surface area contributed by atoms with E-state index in [2.05, 4.69) is 159 Å². The fraction of sp³-hybridized carbons (Fsp3) is 0.250. The minimum atomic E-state index is -0.435. The maximum atomic E-state index is 11.9. The molecule has 0 fully saturated rings. The number of imidazole rings is 1. The van der Waals surface area contributed by atoms with Crippen LogP contribution < -0.4 is 0 Å². The van der Waals surface area contributed by atoms with Crippen LogP contribution in [-0.4, -0.2) is 19.6 Å². The molecule has 8 rings (SSSR count). The molecule has 0 amide bonds. The van der Waals surface area contributed by atoms with Gasteiger partial charge in [-0.25, -0.2) is 4.98 Å². The zero-order valence-electron chi connectivity index (χ0n) is 41.9. The van der Waals surface area contributed by atoms with Crippen molar-refractivity contribution in [1.29, 1.82) is 0 Å². The van der Waals surface area contributed by atoms with Crippen LogP contribution in [0, 0.1) is 19.9 Å². The first-order chi connectivity index (χ1) is 30.4. The van der Waals surface area contributed by atoms with Crippen molar-refractivity contribution < 1.29 is 33.0 Å². The quantitative estimate of drug-likeness (QED) is 0.169. The summed E-state index contributed by atoms with van der Waals surface area (Å²) >= 11 is 0. The summed E-state index contributed by atoms with van der Waals surface area (Å²) in [5.74, 6) is 0.795. The van der Waals surface area contributed by atoms with Gasteiger partial charge in [0, 0.05) is 33.0 Å². The molecule has 0 saturated heterocycles. The third kappa shape index (κ3) is 8.53. The summed E-state index contributed by atoms with van der Waals surface area (Å²) in [6.45, 7) is 23.8. The molecule has 2 aromatic heterocycles. The molecule has 0 aliphatic carbocycles. The molecule has 1 N–H and O–H groups in total. The molecule has 0 bridgehead atoms. The standard InChI is InChI=1S/C56H56N3O.Pt/c1-35-28-39(44-20-15-16-22-47(44)56(9,10)11)24-25-49(35)59-50-23-17-21-45(51(50)58-53(59)46-34-42(54(3,4)5)29-36(2)52(46)60)40-30-41(32-43(31-40)55(6,7)8)48-33-38(26-27-57-48)37-18-13-12-14-19-37;/h12-29,31-34,60H,1-11H3;/q-1;/i12D,13D,14D,18D,19D;. The van der Waals surface area contributed by atoms with Gasteiger partial charge in [-0.3, -0.25) is 9.55 Å². The number of pyridine rings is 1. The Morgan fingerprint density at radius 2 is 1.28 bits per heavy atom. The molecule has 0 atom stereocenters. The summed E-state index contributed by atoms with van der Waals surface area (Å²) in [4.78, 5) is 10.2. The van der Waals surface area contributed by atoms with Crippen LogP contribution in [0.15, 0.2) is 133 Å². The number of fused-ring (bicyclic) bond motifs is 1. The van der Waals surface area contributed by atoms with Gasteiger partial charge in [0.2, 0.25) is 0 Å². The van der Waals surface area contributed by atoms with Gasteiger partial charge in [-0.2, -0.15) is 0 Å². The number of hydrogen-bond donors (Lipinski definition) is 1. The van der Waals surface area contributed by atoms with Gasteiger partial charge in [0.15, 0.2) is 0 Å². The summed E-state index contributed by atoms with van der Waals surface area (Å²) in [6.07, 6.45) is 1.60. The molecule has 0 aliphatic rings. The fourth-order valence-corrected chi connectivity index (χ4v) is 8.00. The van der Waals surface area contributed by atoms with E-state index >= 15 is 0 Å². The number of aromatic hydroxyl groups is 1. The summed E-state index contributed by atoms with van der Waals surface area (Å²) in [6, 6.07) is 35.0. The van der Waals surface area contributed by atoms with E-state index in [4.69, 9.17) is 16.8 Å². The Bertz CT molecular complexity index is 3180. The molecule has 6 aromatic carbocycles. The van der Waals surface area contributed by atoms with E-state index in [1.54, 1.807) is 18.3 Å². The second-order valence-corrected chi connectivity index (χ2v) is 19.1. The van der Waals surface area contributed by atoms with Crippen molar-refractivity contribution >= 4 is 11.0 Å². The number of hydrogen-bond acceptors (Lipinski definition) is 3. The van der Waals surface area contributed by atoms with Crippen LogP contribution in [0.1, 0.15) is 97.0 Å². The van der Waals surface area contributed by atoms with Gasteiger partial charge in [0.1, 0.15) is 11.6 Å². The van der Waals surface area contributed by atoms with Gasteiger partial charge in [-0.15, -0.1) is 29.3 Å². The molecule has 0 radical (unpaired) electrons. The van der Waals surface area contributed by atoms with E-state index in [0.29, 0.717) is 28.2 Å². The summed E-state index contributed by atoms with van der Waals surface area (Å²) in [5.41, 5.74) is 13.6. The molecule has 61 heavy (non-hydrogen) atoms. The smallest absolute Gasteiger partial charge is 0.148 e. The molecular weight excluding hydrogens is 926 g/mol. The summed E-state index contributed by atoms with van der Waals surface area (Å²) in [7, 11) is 0.